The molecule has 0 aliphatic carbocycles. The van der Waals surface area contributed by atoms with E-state index in [1.54, 1.807) is 11.8 Å². The molecule has 3 N–H and O–H groups in total. The minimum Gasteiger partial charge on any atom is -0.348 e. The van der Waals surface area contributed by atoms with Gasteiger partial charge in [-0.15, -0.1) is 11.8 Å². The van der Waals surface area contributed by atoms with Gasteiger partial charge in [-0.25, -0.2) is 0 Å². The molecule has 1 saturated heterocycles. The number of hydrogen-bond acceptors (Lipinski definition) is 4. The van der Waals surface area contributed by atoms with Crippen molar-refractivity contribution in [1.29, 1.82) is 0 Å². The van der Waals surface area contributed by atoms with E-state index < -0.39 is 13.0 Å². The van der Waals surface area contributed by atoms with Gasteiger partial charge in [-0.2, -0.15) is 0 Å². The van der Waals surface area contributed by atoms with Gasteiger partial charge < -0.3 is 9.79 Å². The summed E-state index contributed by atoms with van der Waals surface area (Å²) >= 11 is 1.57. The first-order valence-electron chi connectivity index (χ1n) is 2.72. The molecule has 9 heavy (non-hydrogen) atoms. The standard InChI is InChI=1S/C4H10NO2PS/c1-4(8(6)7)5-2-3-9-4/h5-7H,2-3H2,1H3. The van der Waals surface area contributed by atoms with Crippen molar-refractivity contribution < 1.29 is 9.79 Å². The highest BCUT2D eigenvalue weighted by atomic mass is 32.2. The number of rotatable bonds is 1. The molecule has 0 spiro atoms. The molecule has 1 heterocycles. The zero-order valence-electron chi connectivity index (χ0n) is 5.16. The average Bonchev–Trinajstić information content (AvgIpc) is 2.16. The van der Waals surface area contributed by atoms with Crippen molar-refractivity contribution in [1.82, 2.24) is 5.32 Å². The molecule has 0 bridgehead atoms. The molecule has 1 aliphatic heterocycles. The molecule has 1 rings (SSSR count). The monoisotopic (exact) mass is 167 g/mol. The van der Waals surface area contributed by atoms with Gasteiger partial charge in [0, 0.05) is 12.3 Å². The van der Waals surface area contributed by atoms with Gasteiger partial charge in [0.05, 0.1) is 0 Å². The van der Waals surface area contributed by atoms with E-state index in [4.69, 9.17) is 9.79 Å². The molecule has 54 valence electrons. The average molecular weight is 167 g/mol. The summed E-state index contributed by atoms with van der Waals surface area (Å²) in [6.07, 6.45) is 0. The second-order valence-corrected chi connectivity index (χ2v) is 5.34. The number of hydrogen-bond donors (Lipinski definition) is 3. The van der Waals surface area contributed by atoms with Crippen molar-refractivity contribution in [2.24, 2.45) is 0 Å². The van der Waals surface area contributed by atoms with Crippen molar-refractivity contribution in [3.8, 4) is 0 Å². The van der Waals surface area contributed by atoms with E-state index in [1.807, 2.05) is 6.92 Å². The van der Waals surface area contributed by atoms with E-state index >= 15 is 0 Å². The normalized spacial score (nSPS) is 36.0. The lowest BCUT2D eigenvalue weighted by Crippen LogP contribution is -2.31. The summed E-state index contributed by atoms with van der Waals surface area (Å²) in [6.45, 7) is 2.69. The lowest BCUT2D eigenvalue weighted by atomic mass is 10.7. The first kappa shape index (κ1) is 7.76. The van der Waals surface area contributed by atoms with E-state index in [1.165, 1.54) is 0 Å². The van der Waals surface area contributed by atoms with Crippen molar-refractivity contribution >= 4 is 20.1 Å². The topological polar surface area (TPSA) is 52.5 Å². The summed E-state index contributed by atoms with van der Waals surface area (Å²) in [5.41, 5.74) is 0. The molecule has 1 unspecified atom stereocenters. The van der Waals surface area contributed by atoms with E-state index in [0.29, 0.717) is 0 Å². The van der Waals surface area contributed by atoms with Crippen molar-refractivity contribution in [2.45, 2.75) is 11.5 Å². The molecule has 0 amide bonds. The van der Waals surface area contributed by atoms with E-state index in [0.717, 1.165) is 12.3 Å². The fourth-order valence-corrected chi connectivity index (χ4v) is 2.51. The summed E-state index contributed by atoms with van der Waals surface area (Å²) in [4.78, 5) is 17.7. The van der Waals surface area contributed by atoms with Crippen LogP contribution in [0.1, 0.15) is 6.92 Å². The highest BCUT2D eigenvalue weighted by molar-refractivity contribution is 8.05. The minimum absolute atomic E-state index is 0.463. The Morgan fingerprint density at radius 2 is 2.33 bits per heavy atom. The van der Waals surface area contributed by atoms with Crippen LogP contribution in [-0.4, -0.2) is 26.7 Å². The third-order valence-corrected chi connectivity index (χ3v) is 4.23. The molecule has 3 nitrogen and oxygen atoms in total. The van der Waals surface area contributed by atoms with E-state index in [2.05, 4.69) is 5.32 Å². The highest BCUT2D eigenvalue weighted by Gasteiger charge is 2.36. The molecule has 0 aromatic carbocycles. The third-order valence-electron chi connectivity index (χ3n) is 1.32. The summed E-state index contributed by atoms with van der Waals surface area (Å²) in [6, 6.07) is 0. The lowest BCUT2D eigenvalue weighted by molar-refractivity contribution is 0.448. The largest absolute Gasteiger partial charge is 0.348 e. The van der Waals surface area contributed by atoms with Gasteiger partial charge in [-0.3, -0.25) is 5.32 Å². The summed E-state index contributed by atoms with van der Waals surface area (Å²) in [5.74, 6) is 0.969. The Morgan fingerprint density at radius 3 is 2.56 bits per heavy atom. The van der Waals surface area contributed by atoms with Crippen LogP contribution in [0.15, 0.2) is 0 Å². The fraction of sp³-hybridized carbons (Fsp3) is 1.00. The van der Waals surface area contributed by atoms with Crippen LogP contribution in [0.5, 0.6) is 0 Å². The maximum absolute atomic E-state index is 8.85. The van der Waals surface area contributed by atoms with Crippen molar-refractivity contribution in [3.63, 3.8) is 0 Å². The van der Waals surface area contributed by atoms with Gasteiger partial charge in [0.25, 0.3) is 0 Å². The Labute approximate surface area is 59.8 Å². The Morgan fingerprint density at radius 1 is 1.67 bits per heavy atom. The molecular formula is C4H10NO2PS. The Bertz CT molecular complexity index is 105. The quantitative estimate of drug-likeness (QED) is 0.491. The Hall–Kier alpha value is 0.660. The van der Waals surface area contributed by atoms with Crippen LogP contribution in [0, 0.1) is 0 Å². The van der Waals surface area contributed by atoms with Crippen LogP contribution < -0.4 is 5.32 Å². The zero-order chi connectivity index (χ0) is 6.91. The van der Waals surface area contributed by atoms with E-state index in [9.17, 15) is 0 Å². The molecule has 5 heteroatoms. The predicted molar refractivity (Wildman–Crippen MR) is 40.2 cm³/mol. The molecule has 1 fully saturated rings. The number of nitrogens with one attached hydrogen (secondary N) is 1. The van der Waals surface area contributed by atoms with Gasteiger partial charge in [0.2, 0.25) is 0 Å². The Balaban J connectivity index is 2.51. The van der Waals surface area contributed by atoms with Crippen LogP contribution in [0.3, 0.4) is 0 Å². The Kier molecular flexibility index (Phi) is 2.35. The van der Waals surface area contributed by atoms with Gasteiger partial charge in [0.15, 0.2) is 8.38 Å². The molecule has 1 atom stereocenters. The molecule has 0 aromatic rings. The van der Waals surface area contributed by atoms with Gasteiger partial charge in [-0.05, 0) is 6.92 Å². The second-order valence-electron chi connectivity index (χ2n) is 2.05. The van der Waals surface area contributed by atoms with Crippen molar-refractivity contribution in [3.05, 3.63) is 0 Å². The van der Waals surface area contributed by atoms with Crippen LogP contribution in [0.2, 0.25) is 0 Å². The van der Waals surface area contributed by atoms with Gasteiger partial charge in [-0.1, -0.05) is 0 Å². The van der Waals surface area contributed by atoms with Crippen LogP contribution >= 0.6 is 20.1 Å². The predicted octanol–water partition coefficient (Wildman–Crippen LogP) is 0.293. The lowest BCUT2D eigenvalue weighted by Gasteiger charge is -2.23. The first-order valence-corrected chi connectivity index (χ1v) is 4.95. The summed E-state index contributed by atoms with van der Waals surface area (Å²) < 4.78 is -0.463. The van der Waals surface area contributed by atoms with Gasteiger partial charge >= 0.3 is 0 Å². The van der Waals surface area contributed by atoms with E-state index in [-0.39, 0.29) is 0 Å². The van der Waals surface area contributed by atoms with Crippen LogP contribution in [0.25, 0.3) is 0 Å². The SMILES string of the molecule is CC1(P(O)O)NCCS1. The summed E-state index contributed by atoms with van der Waals surface area (Å²) in [7, 11) is -1.83. The molecule has 1 aliphatic rings. The van der Waals surface area contributed by atoms with Crippen molar-refractivity contribution in [2.75, 3.05) is 12.3 Å². The molecular weight excluding hydrogens is 157 g/mol. The molecule has 0 saturated carbocycles. The maximum Gasteiger partial charge on any atom is 0.197 e. The highest BCUT2D eigenvalue weighted by Crippen LogP contribution is 2.49. The zero-order valence-corrected chi connectivity index (χ0v) is 6.88. The minimum atomic E-state index is -1.83. The van der Waals surface area contributed by atoms with Crippen LogP contribution in [-0.2, 0) is 0 Å². The third kappa shape index (κ3) is 1.57. The molecule has 0 aromatic heterocycles. The maximum atomic E-state index is 8.85. The second kappa shape index (κ2) is 2.72. The smallest absolute Gasteiger partial charge is 0.197 e. The number of thioether (sulfide) groups is 1. The molecule has 0 radical (unpaired) electrons. The van der Waals surface area contributed by atoms with Crippen LogP contribution in [0.4, 0.5) is 0 Å². The first-order chi connectivity index (χ1) is 4.15. The van der Waals surface area contributed by atoms with Gasteiger partial charge in [0.1, 0.15) is 4.61 Å². The fourth-order valence-electron chi connectivity index (χ4n) is 0.712. The summed E-state index contributed by atoms with van der Waals surface area (Å²) in [5, 5.41) is 3.02.